The zero-order valence-electron chi connectivity index (χ0n) is 12.4. The van der Waals surface area contributed by atoms with Gasteiger partial charge in [-0.2, -0.15) is 0 Å². The van der Waals surface area contributed by atoms with Crippen LogP contribution in [0.3, 0.4) is 0 Å². The molecule has 0 bridgehead atoms. The van der Waals surface area contributed by atoms with Gasteiger partial charge in [0.05, 0.1) is 13.5 Å². The van der Waals surface area contributed by atoms with Crippen molar-refractivity contribution in [3.63, 3.8) is 0 Å². The van der Waals surface area contributed by atoms with Crippen LogP contribution in [0.1, 0.15) is 26.3 Å². The third-order valence-corrected chi connectivity index (χ3v) is 2.88. The van der Waals surface area contributed by atoms with E-state index < -0.39 is 5.60 Å². The molecule has 3 nitrogen and oxygen atoms in total. The summed E-state index contributed by atoms with van der Waals surface area (Å²) < 4.78 is 10.5. The Labute approximate surface area is 119 Å². The van der Waals surface area contributed by atoms with Gasteiger partial charge in [0.1, 0.15) is 11.4 Å². The first kappa shape index (κ1) is 14.4. The van der Waals surface area contributed by atoms with Gasteiger partial charge in [-0.3, -0.25) is 4.79 Å². The third kappa shape index (κ3) is 3.73. The van der Waals surface area contributed by atoms with E-state index in [4.69, 9.17) is 9.47 Å². The average molecular weight is 272 g/mol. The van der Waals surface area contributed by atoms with Gasteiger partial charge in [0.15, 0.2) is 0 Å². The highest BCUT2D eigenvalue weighted by Crippen LogP contribution is 2.22. The summed E-state index contributed by atoms with van der Waals surface area (Å²) in [4.78, 5) is 11.8. The quantitative estimate of drug-likeness (QED) is 0.799. The fourth-order valence-electron chi connectivity index (χ4n) is 2.05. The van der Waals surface area contributed by atoms with E-state index >= 15 is 0 Å². The van der Waals surface area contributed by atoms with Crippen LogP contribution in [0.2, 0.25) is 0 Å². The Morgan fingerprint density at radius 3 is 2.35 bits per heavy atom. The Hall–Kier alpha value is -2.03. The lowest BCUT2D eigenvalue weighted by molar-refractivity contribution is -0.153. The molecule has 0 N–H and O–H groups in total. The van der Waals surface area contributed by atoms with Crippen LogP contribution >= 0.6 is 0 Å². The van der Waals surface area contributed by atoms with E-state index in [2.05, 4.69) is 0 Å². The van der Waals surface area contributed by atoms with E-state index in [0.717, 1.165) is 22.1 Å². The van der Waals surface area contributed by atoms with Crippen LogP contribution in [0.25, 0.3) is 10.8 Å². The van der Waals surface area contributed by atoms with Crippen molar-refractivity contribution in [2.75, 3.05) is 7.11 Å². The molecule has 0 aliphatic rings. The molecule has 0 amide bonds. The van der Waals surface area contributed by atoms with Crippen molar-refractivity contribution >= 4 is 16.7 Å². The maximum Gasteiger partial charge on any atom is 0.310 e. The molecule has 0 unspecified atom stereocenters. The molecule has 0 saturated carbocycles. The second-order valence-electron chi connectivity index (χ2n) is 5.81. The highest BCUT2D eigenvalue weighted by Gasteiger charge is 2.16. The number of hydrogen-bond acceptors (Lipinski definition) is 3. The first-order valence-electron chi connectivity index (χ1n) is 6.66. The minimum absolute atomic E-state index is 0.203. The maximum atomic E-state index is 11.8. The number of methoxy groups -OCH3 is 1. The SMILES string of the molecule is COc1ccc2cc(CC(=O)OC(C)(C)C)ccc2c1. The lowest BCUT2D eigenvalue weighted by Crippen LogP contribution is -2.24. The van der Waals surface area contributed by atoms with Crippen LogP contribution in [0, 0.1) is 0 Å². The molecule has 0 saturated heterocycles. The molecule has 2 aromatic carbocycles. The first-order valence-corrected chi connectivity index (χ1v) is 6.66. The Kier molecular flexibility index (Phi) is 3.98. The van der Waals surface area contributed by atoms with Crippen molar-refractivity contribution in [2.45, 2.75) is 32.8 Å². The molecule has 0 aliphatic heterocycles. The van der Waals surface area contributed by atoms with Gasteiger partial charge in [0.25, 0.3) is 0 Å². The van der Waals surface area contributed by atoms with Crippen LogP contribution in [-0.4, -0.2) is 18.7 Å². The Bertz CT molecular complexity index is 624. The Balaban J connectivity index is 2.18. The van der Waals surface area contributed by atoms with E-state index in [1.807, 2.05) is 57.2 Å². The van der Waals surface area contributed by atoms with E-state index in [-0.39, 0.29) is 5.97 Å². The molecule has 106 valence electrons. The van der Waals surface area contributed by atoms with Gasteiger partial charge in [-0.25, -0.2) is 0 Å². The molecule has 20 heavy (non-hydrogen) atoms. The molecule has 0 aliphatic carbocycles. The standard InChI is InChI=1S/C17H20O3/c1-17(2,3)20-16(18)10-12-5-6-14-11-15(19-4)8-7-13(14)9-12/h5-9,11H,10H2,1-4H3. The van der Waals surface area contributed by atoms with Gasteiger partial charge in [0, 0.05) is 0 Å². The normalized spacial score (nSPS) is 11.4. The van der Waals surface area contributed by atoms with E-state index in [9.17, 15) is 4.79 Å². The zero-order chi connectivity index (χ0) is 14.8. The Morgan fingerprint density at radius 2 is 1.70 bits per heavy atom. The number of carbonyl (C=O) groups is 1. The molecule has 0 radical (unpaired) electrons. The number of ether oxygens (including phenoxy) is 2. The third-order valence-electron chi connectivity index (χ3n) is 2.88. The summed E-state index contributed by atoms with van der Waals surface area (Å²) in [6.07, 6.45) is 0.291. The van der Waals surface area contributed by atoms with Gasteiger partial charge in [-0.1, -0.05) is 24.3 Å². The number of benzene rings is 2. The minimum atomic E-state index is -0.443. The molecule has 0 heterocycles. The summed E-state index contributed by atoms with van der Waals surface area (Å²) in [7, 11) is 1.65. The van der Waals surface area contributed by atoms with Crippen molar-refractivity contribution < 1.29 is 14.3 Å². The fourth-order valence-corrected chi connectivity index (χ4v) is 2.05. The highest BCUT2D eigenvalue weighted by atomic mass is 16.6. The van der Waals surface area contributed by atoms with E-state index in [1.54, 1.807) is 7.11 Å². The number of fused-ring (bicyclic) bond motifs is 1. The summed E-state index contributed by atoms with van der Waals surface area (Å²) >= 11 is 0. The van der Waals surface area contributed by atoms with Crippen LogP contribution in [0.4, 0.5) is 0 Å². The van der Waals surface area contributed by atoms with Crippen LogP contribution in [0.5, 0.6) is 5.75 Å². The lowest BCUT2D eigenvalue weighted by Gasteiger charge is -2.19. The number of esters is 1. The van der Waals surface area contributed by atoms with Crippen LogP contribution in [-0.2, 0) is 16.0 Å². The molecule has 3 heteroatoms. The van der Waals surface area contributed by atoms with Crippen molar-refractivity contribution in [3.05, 3.63) is 42.0 Å². The molecule has 0 atom stereocenters. The summed E-state index contributed by atoms with van der Waals surface area (Å²) in [5, 5.41) is 2.18. The van der Waals surface area contributed by atoms with E-state index in [1.165, 1.54) is 0 Å². The molecule has 0 aromatic heterocycles. The topological polar surface area (TPSA) is 35.5 Å². The van der Waals surface area contributed by atoms with Gasteiger partial charge in [-0.05, 0) is 49.2 Å². The van der Waals surface area contributed by atoms with Crippen molar-refractivity contribution in [1.29, 1.82) is 0 Å². The summed E-state index contributed by atoms with van der Waals surface area (Å²) in [6.45, 7) is 5.62. The zero-order valence-corrected chi connectivity index (χ0v) is 12.4. The maximum absolute atomic E-state index is 11.8. The highest BCUT2D eigenvalue weighted by molar-refractivity contribution is 5.85. The first-order chi connectivity index (χ1) is 9.37. The Morgan fingerprint density at radius 1 is 1.05 bits per heavy atom. The van der Waals surface area contributed by atoms with Crippen molar-refractivity contribution in [1.82, 2.24) is 0 Å². The van der Waals surface area contributed by atoms with Crippen LogP contribution in [0.15, 0.2) is 36.4 Å². The molecule has 0 spiro atoms. The molecule has 0 fully saturated rings. The minimum Gasteiger partial charge on any atom is -0.497 e. The average Bonchev–Trinajstić information content (AvgIpc) is 2.35. The number of hydrogen-bond donors (Lipinski definition) is 0. The summed E-state index contributed by atoms with van der Waals surface area (Å²) in [5.74, 6) is 0.628. The number of carbonyl (C=O) groups excluding carboxylic acids is 1. The predicted molar refractivity (Wildman–Crippen MR) is 80.0 cm³/mol. The van der Waals surface area contributed by atoms with Crippen LogP contribution < -0.4 is 4.74 Å². The van der Waals surface area contributed by atoms with Gasteiger partial charge in [-0.15, -0.1) is 0 Å². The van der Waals surface area contributed by atoms with Gasteiger partial charge < -0.3 is 9.47 Å². The smallest absolute Gasteiger partial charge is 0.310 e. The van der Waals surface area contributed by atoms with E-state index in [0.29, 0.717) is 6.42 Å². The second kappa shape index (κ2) is 5.53. The monoisotopic (exact) mass is 272 g/mol. The van der Waals surface area contributed by atoms with Gasteiger partial charge >= 0.3 is 5.97 Å². The predicted octanol–water partition coefficient (Wildman–Crippen LogP) is 3.73. The van der Waals surface area contributed by atoms with Crippen molar-refractivity contribution in [3.8, 4) is 5.75 Å². The fraction of sp³-hybridized carbons (Fsp3) is 0.353. The second-order valence-corrected chi connectivity index (χ2v) is 5.81. The molecule has 2 aromatic rings. The molecular formula is C17H20O3. The summed E-state index contributed by atoms with van der Waals surface area (Å²) in [5.41, 5.74) is 0.512. The summed E-state index contributed by atoms with van der Waals surface area (Å²) in [6, 6.07) is 11.8. The number of rotatable bonds is 3. The molecule has 2 rings (SSSR count). The van der Waals surface area contributed by atoms with Crippen molar-refractivity contribution in [2.24, 2.45) is 0 Å². The molecular weight excluding hydrogens is 252 g/mol. The van der Waals surface area contributed by atoms with Gasteiger partial charge in [0.2, 0.25) is 0 Å². The largest absolute Gasteiger partial charge is 0.497 e. The lowest BCUT2D eigenvalue weighted by atomic mass is 10.0.